The van der Waals surface area contributed by atoms with E-state index >= 15 is 0 Å². The van der Waals surface area contributed by atoms with Gasteiger partial charge < -0.3 is 14.6 Å². The maximum atomic E-state index is 12.1. The fourth-order valence-electron chi connectivity index (χ4n) is 1.72. The average Bonchev–Trinajstić information content (AvgIpc) is 2.42. The number of ether oxygens (including phenoxy) is 2. The molecule has 2 aromatic rings. The summed E-state index contributed by atoms with van der Waals surface area (Å²) in [5.41, 5.74) is 0.133. The lowest BCUT2D eigenvalue weighted by Gasteiger charge is -2.11. The van der Waals surface area contributed by atoms with Gasteiger partial charge in [-0.3, -0.25) is 4.79 Å². The third-order valence-corrected chi connectivity index (χ3v) is 2.57. The Labute approximate surface area is 122 Å². The number of aryl methyl sites for hydroxylation is 1. The molecule has 22 heavy (non-hydrogen) atoms. The van der Waals surface area contributed by atoms with Crippen molar-refractivity contribution in [2.75, 3.05) is 0 Å². The highest BCUT2D eigenvalue weighted by molar-refractivity contribution is 5.60. The van der Waals surface area contributed by atoms with Crippen LogP contribution in [0.2, 0.25) is 0 Å². The van der Waals surface area contributed by atoms with Gasteiger partial charge in [-0.05, 0) is 31.2 Å². The van der Waals surface area contributed by atoms with Gasteiger partial charge in [-0.2, -0.15) is 8.78 Å². The predicted octanol–water partition coefficient (Wildman–Crippen LogP) is 2.20. The Morgan fingerprint density at radius 2 is 1.95 bits per heavy atom. The summed E-state index contributed by atoms with van der Waals surface area (Å²) in [5, 5.41) is 12.3. The Balaban J connectivity index is 2.39. The van der Waals surface area contributed by atoms with Crippen molar-refractivity contribution in [1.82, 2.24) is 9.78 Å². The number of nitrogens with zero attached hydrogens (tertiary/aromatic N) is 2. The number of carboxylic acid groups (broad SMARTS) is 1. The molecule has 0 aliphatic carbocycles. The average molecular weight is 312 g/mol. The summed E-state index contributed by atoms with van der Waals surface area (Å²) < 4.78 is 33.9. The van der Waals surface area contributed by atoms with Crippen molar-refractivity contribution < 1.29 is 28.2 Å². The fourth-order valence-corrected chi connectivity index (χ4v) is 1.72. The maximum absolute atomic E-state index is 12.1. The number of aromatic nitrogens is 2. The van der Waals surface area contributed by atoms with E-state index in [4.69, 9.17) is 5.11 Å². The second-order valence-corrected chi connectivity index (χ2v) is 4.11. The van der Waals surface area contributed by atoms with E-state index in [-0.39, 0.29) is 5.75 Å². The lowest BCUT2D eigenvalue weighted by Crippen LogP contribution is -2.19. The predicted molar refractivity (Wildman–Crippen MR) is 69.9 cm³/mol. The van der Waals surface area contributed by atoms with E-state index in [1.54, 1.807) is 6.92 Å². The third-order valence-electron chi connectivity index (χ3n) is 2.57. The molecule has 9 heteroatoms. The highest BCUT2D eigenvalue weighted by Gasteiger charge is 2.12. The molecule has 0 amide bonds. The first-order valence-corrected chi connectivity index (χ1v) is 5.94. The summed E-state index contributed by atoms with van der Waals surface area (Å²) in [6.45, 7) is -1.36. The van der Waals surface area contributed by atoms with Crippen LogP contribution in [0.3, 0.4) is 0 Å². The van der Waals surface area contributed by atoms with Crippen LogP contribution in [0.4, 0.5) is 13.6 Å². The quantitative estimate of drug-likeness (QED) is 0.870. The van der Waals surface area contributed by atoms with Crippen molar-refractivity contribution in [3.8, 4) is 17.3 Å². The molecule has 0 bridgehead atoms. The molecular formula is C13H10F2N2O5. The summed E-state index contributed by atoms with van der Waals surface area (Å²) in [7, 11) is 0. The van der Waals surface area contributed by atoms with Gasteiger partial charge in [-0.1, -0.05) is 0 Å². The third kappa shape index (κ3) is 3.57. The summed E-state index contributed by atoms with van der Waals surface area (Å²) in [6, 6.07) is 6.57. The van der Waals surface area contributed by atoms with Gasteiger partial charge in [0.1, 0.15) is 5.75 Å². The zero-order valence-electron chi connectivity index (χ0n) is 11.2. The number of carbonyl (C=O) groups is 1. The first-order chi connectivity index (χ1) is 10.4. The van der Waals surface area contributed by atoms with Crippen molar-refractivity contribution in [2.45, 2.75) is 13.5 Å². The van der Waals surface area contributed by atoms with Crippen molar-refractivity contribution in [2.24, 2.45) is 0 Å². The minimum atomic E-state index is -2.94. The van der Waals surface area contributed by atoms with E-state index < -0.39 is 24.1 Å². The SMILES string of the molecule is Cc1cc(=O)c(OC(=O)O)nn1-c1ccc(OC(F)F)cc1. The normalized spacial score (nSPS) is 10.5. The highest BCUT2D eigenvalue weighted by Crippen LogP contribution is 2.18. The zero-order chi connectivity index (χ0) is 16.3. The largest absolute Gasteiger partial charge is 0.512 e. The van der Waals surface area contributed by atoms with Gasteiger partial charge in [0.2, 0.25) is 5.43 Å². The molecular weight excluding hydrogens is 302 g/mol. The highest BCUT2D eigenvalue weighted by atomic mass is 19.3. The molecule has 2 rings (SSSR count). The van der Waals surface area contributed by atoms with E-state index in [2.05, 4.69) is 14.6 Å². The minimum Gasteiger partial charge on any atom is -0.449 e. The lowest BCUT2D eigenvalue weighted by atomic mass is 10.3. The summed E-state index contributed by atoms with van der Waals surface area (Å²) in [6.07, 6.45) is -1.67. The second kappa shape index (κ2) is 6.20. The molecule has 7 nitrogen and oxygen atoms in total. The molecule has 1 N–H and O–H groups in total. The molecule has 0 radical (unpaired) electrons. The van der Waals surface area contributed by atoms with Crippen LogP contribution >= 0.6 is 0 Å². The number of halogens is 2. The maximum Gasteiger partial charge on any atom is 0.512 e. The van der Waals surface area contributed by atoms with Gasteiger partial charge in [0.05, 0.1) is 5.69 Å². The molecule has 0 saturated carbocycles. The van der Waals surface area contributed by atoms with E-state index in [0.29, 0.717) is 11.4 Å². The van der Waals surface area contributed by atoms with Gasteiger partial charge in [0.15, 0.2) is 0 Å². The van der Waals surface area contributed by atoms with Crippen molar-refractivity contribution in [3.05, 3.63) is 46.2 Å². The first-order valence-electron chi connectivity index (χ1n) is 5.94. The lowest BCUT2D eigenvalue weighted by molar-refractivity contribution is -0.0498. The Hall–Kier alpha value is -2.97. The molecule has 1 aromatic carbocycles. The van der Waals surface area contributed by atoms with Crippen LogP contribution < -0.4 is 14.9 Å². The molecule has 1 heterocycles. The van der Waals surface area contributed by atoms with Gasteiger partial charge in [0.25, 0.3) is 5.88 Å². The first kappa shape index (κ1) is 15.4. The van der Waals surface area contributed by atoms with Crippen LogP contribution in [-0.2, 0) is 0 Å². The smallest absolute Gasteiger partial charge is 0.449 e. The van der Waals surface area contributed by atoms with E-state index in [1.165, 1.54) is 28.9 Å². The molecule has 0 spiro atoms. The van der Waals surface area contributed by atoms with Crippen LogP contribution in [0.5, 0.6) is 11.6 Å². The number of rotatable bonds is 4. The van der Waals surface area contributed by atoms with Crippen molar-refractivity contribution >= 4 is 6.16 Å². The van der Waals surface area contributed by atoms with Crippen LogP contribution in [0.25, 0.3) is 5.69 Å². The molecule has 0 atom stereocenters. The fraction of sp³-hybridized carbons (Fsp3) is 0.154. The standard InChI is InChI=1S/C13H10F2N2O5/c1-7-6-10(18)11(22-13(19)20)16-17(7)8-2-4-9(5-3-8)21-12(14)15/h2-6,12H,1H3,(H,19,20). The number of benzene rings is 1. The molecule has 116 valence electrons. The molecule has 0 saturated heterocycles. The molecule has 0 aliphatic heterocycles. The molecule has 0 fully saturated rings. The topological polar surface area (TPSA) is 90.7 Å². The van der Waals surface area contributed by atoms with E-state index in [9.17, 15) is 18.4 Å². The van der Waals surface area contributed by atoms with Crippen LogP contribution in [-0.4, -0.2) is 27.7 Å². The Bertz CT molecular complexity index is 743. The molecule has 1 aromatic heterocycles. The number of alkyl halides is 2. The Morgan fingerprint density at radius 1 is 1.32 bits per heavy atom. The molecule has 0 unspecified atom stereocenters. The Kier molecular flexibility index (Phi) is 4.35. The van der Waals surface area contributed by atoms with Crippen molar-refractivity contribution in [3.63, 3.8) is 0 Å². The van der Waals surface area contributed by atoms with E-state index in [1.807, 2.05) is 0 Å². The number of hydrogen-bond acceptors (Lipinski definition) is 5. The zero-order valence-corrected chi connectivity index (χ0v) is 11.2. The summed E-state index contributed by atoms with van der Waals surface area (Å²) in [4.78, 5) is 22.1. The summed E-state index contributed by atoms with van der Waals surface area (Å²) in [5.74, 6) is -0.648. The van der Waals surface area contributed by atoms with Crippen LogP contribution in [0.15, 0.2) is 35.1 Å². The molecule has 0 aliphatic rings. The van der Waals surface area contributed by atoms with Crippen LogP contribution in [0, 0.1) is 6.92 Å². The van der Waals surface area contributed by atoms with Gasteiger partial charge in [-0.25, -0.2) is 9.48 Å². The second-order valence-electron chi connectivity index (χ2n) is 4.11. The van der Waals surface area contributed by atoms with Gasteiger partial charge in [0, 0.05) is 11.8 Å². The van der Waals surface area contributed by atoms with E-state index in [0.717, 1.165) is 6.07 Å². The van der Waals surface area contributed by atoms with Crippen molar-refractivity contribution in [1.29, 1.82) is 0 Å². The van der Waals surface area contributed by atoms with Gasteiger partial charge >= 0.3 is 12.8 Å². The monoisotopic (exact) mass is 312 g/mol. The summed E-state index contributed by atoms with van der Waals surface area (Å²) >= 11 is 0. The van der Waals surface area contributed by atoms with Gasteiger partial charge in [-0.15, -0.1) is 5.10 Å². The van der Waals surface area contributed by atoms with Crippen LogP contribution in [0.1, 0.15) is 5.69 Å². The number of hydrogen-bond donors (Lipinski definition) is 1. The minimum absolute atomic E-state index is 0.0422. The Morgan fingerprint density at radius 3 is 2.50 bits per heavy atom.